The Balaban J connectivity index is 4.33. The SMILES string of the molecule is CC(=O)/C=C(/NC(C)C)N(C)C. The molecular weight excluding hydrogens is 152 g/mol. The average molecular weight is 170 g/mol. The Bertz CT molecular complexity index is 183. The van der Waals surface area contributed by atoms with Gasteiger partial charge in [-0.05, 0) is 20.8 Å². The number of rotatable bonds is 4. The zero-order valence-electron chi connectivity index (χ0n) is 8.51. The highest BCUT2D eigenvalue weighted by molar-refractivity contribution is 5.87. The number of nitrogens with one attached hydrogen (secondary N) is 1. The quantitative estimate of drug-likeness (QED) is 0.638. The Morgan fingerprint density at radius 1 is 1.42 bits per heavy atom. The predicted molar refractivity (Wildman–Crippen MR) is 50.7 cm³/mol. The van der Waals surface area contributed by atoms with Gasteiger partial charge in [0.25, 0.3) is 0 Å². The van der Waals surface area contributed by atoms with Gasteiger partial charge in [0.2, 0.25) is 0 Å². The monoisotopic (exact) mass is 170 g/mol. The Morgan fingerprint density at radius 3 is 2.17 bits per heavy atom. The number of ketones is 1. The fourth-order valence-electron chi connectivity index (χ4n) is 0.788. The third kappa shape index (κ3) is 4.77. The van der Waals surface area contributed by atoms with E-state index < -0.39 is 0 Å². The zero-order chi connectivity index (χ0) is 9.72. The maximum atomic E-state index is 10.8. The van der Waals surface area contributed by atoms with Gasteiger partial charge in [0, 0.05) is 26.2 Å². The smallest absolute Gasteiger partial charge is 0.156 e. The molecular formula is C9H18N2O. The standard InChI is InChI=1S/C9H18N2O/c1-7(2)10-9(11(4)5)6-8(3)12/h6-7,10H,1-5H3/b9-6-. The van der Waals surface area contributed by atoms with Crippen LogP contribution in [0.3, 0.4) is 0 Å². The van der Waals surface area contributed by atoms with Crippen LogP contribution in [0.4, 0.5) is 0 Å². The summed E-state index contributed by atoms with van der Waals surface area (Å²) in [5.74, 6) is 0.921. The first-order valence-corrected chi connectivity index (χ1v) is 4.09. The fourth-order valence-corrected chi connectivity index (χ4v) is 0.788. The van der Waals surface area contributed by atoms with Crippen LogP contribution in [0.2, 0.25) is 0 Å². The van der Waals surface area contributed by atoms with E-state index in [2.05, 4.69) is 5.32 Å². The molecule has 0 radical (unpaired) electrons. The van der Waals surface area contributed by atoms with Crippen molar-refractivity contribution in [1.29, 1.82) is 0 Å². The van der Waals surface area contributed by atoms with Crippen LogP contribution in [0.25, 0.3) is 0 Å². The molecule has 0 aromatic heterocycles. The average Bonchev–Trinajstić information content (AvgIpc) is 1.83. The summed E-state index contributed by atoms with van der Waals surface area (Å²) in [4.78, 5) is 12.7. The van der Waals surface area contributed by atoms with Crippen molar-refractivity contribution in [1.82, 2.24) is 10.2 Å². The molecule has 12 heavy (non-hydrogen) atoms. The summed E-state index contributed by atoms with van der Waals surface area (Å²) >= 11 is 0. The van der Waals surface area contributed by atoms with Crippen LogP contribution in [-0.2, 0) is 4.79 Å². The summed E-state index contributed by atoms with van der Waals surface area (Å²) in [6, 6.07) is 0.345. The molecule has 0 aliphatic carbocycles. The van der Waals surface area contributed by atoms with E-state index in [-0.39, 0.29) is 5.78 Å². The molecule has 3 heteroatoms. The van der Waals surface area contributed by atoms with Crippen molar-refractivity contribution in [2.45, 2.75) is 26.8 Å². The molecule has 0 saturated carbocycles. The lowest BCUT2D eigenvalue weighted by Crippen LogP contribution is -2.31. The lowest BCUT2D eigenvalue weighted by atomic mass is 10.3. The second-order valence-corrected chi connectivity index (χ2v) is 3.33. The minimum atomic E-state index is 0.0619. The van der Waals surface area contributed by atoms with Gasteiger partial charge >= 0.3 is 0 Å². The molecule has 0 atom stereocenters. The molecule has 0 saturated heterocycles. The second kappa shape index (κ2) is 4.80. The van der Waals surface area contributed by atoms with Crippen LogP contribution < -0.4 is 5.32 Å². The first-order chi connectivity index (χ1) is 5.43. The van der Waals surface area contributed by atoms with E-state index in [9.17, 15) is 4.79 Å². The molecule has 0 rings (SSSR count). The van der Waals surface area contributed by atoms with Crippen LogP contribution in [0.15, 0.2) is 11.9 Å². The van der Waals surface area contributed by atoms with Gasteiger partial charge < -0.3 is 10.2 Å². The van der Waals surface area contributed by atoms with Crippen molar-refractivity contribution < 1.29 is 4.79 Å². The third-order valence-corrected chi connectivity index (χ3v) is 1.26. The van der Waals surface area contributed by atoms with Gasteiger partial charge in [-0.2, -0.15) is 0 Å². The summed E-state index contributed by atoms with van der Waals surface area (Å²) in [7, 11) is 3.81. The minimum absolute atomic E-state index is 0.0619. The van der Waals surface area contributed by atoms with Crippen LogP contribution in [0, 0.1) is 0 Å². The van der Waals surface area contributed by atoms with Gasteiger partial charge in [-0.25, -0.2) is 0 Å². The van der Waals surface area contributed by atoms with Crippen LogP contribution in [0.5, 0.6) is 0 Å². The number of allylic oxidation sites excluding steroid dienone is 1. The van der Waals surface area contributed by atoms with E-state index in [0.29, 0.717) is 6.04 Å². The molecule has 1 N–H and O–H groups in total. The van der Waals surface area contributed by atoms with Crippen LogP contribution in [0.1, 0.15) is 20.8 Å². The summed E-state index contributed by atoms with van der Waals surface area (Å²) in [5.41, 5.74) is 0. The van der Waals surface area contributed by atoms with Crippen molar-refractivity contribution in [3.8, 4) is 0 Å². The summed E-state index contributed by atoms with van der Waals surface area (Å²) < 4.78 is 0. The molecule has 0 unspecified atom stereocenters. The van der Waals surface area contributed by atoms with E-state index in [1.165, 1.54) is 0 Å². The fraction of sp³-hybridized carbons (Fsp3) is 0.667. The molecule has 0 bridgehead atoms. The molecule has 70 valence electrons. The molecule has 0 aliphatic rings. The maximum absolute atomic E-state index is 10.8. The van der Waals surface area contributed by atoms with E-state index in [4.69, 9.17) is 0 Å². The first-order valence-electron chi connectivity index (χ1n) is 4.09. The number of hydrogen-bond donors (Lipinski definition) is 1. The van der Waals surface area contributed by atoms with E-state index >= 15 is 0 Å². The lowest BCUT2D eigenvalue weighted by molar-refractivity contribution is -0.112. The van der Waals surface area contributed by atoms with Crippen molar-refractivity contribution in [3.05, 3.63) is 11.9 Å². The van der Waals surface area contributed by atoms with Crippen molar-refractivity contribution in [2.75, 3.05) is 14.1 Å². The van der Waals surface area contributed by atoms with Gasteiger partial charge in [0.15, 0.2) is 5.78 Å². The molecule has 3 nitrogen and oxygen atoms in total. The van der Waals surface area contributed by atoms with Gasteiger partial charge in [0.05, 0.1) is 0 Å². The zero-order valence-corrected chi connectivity index (χ0v) is 8.51. The van der Waals surface area contributed by atoms with Crippen molar-refractivity contribution in [2.24, 2.45) is 0 Å². The highest BCUT2D eigenvalue weighted by Crippen LogP contribution is 1.95. The number of nitrogens with zero attached hydrogens (tertiary/aromatic N) is 1. The minimum Gasteiger partial charge on any atom is -0.369 e. The molecule has 0 aromatic rings. The summed E-state index contributed by atoms with van der Waals surface area (Å²) in [6.07, 6.45) is 1.60. The normalized spacial score (nSPS) is 11.7. The first kappa shape index (κ1) is 11.0. The van der Waals surface area contributed by atoms with Crippen LogP contribution >= 0.6 is 0 Å². The van der Waals surface area contributed by atoms with E-state index in [1.54, 1.807) is 13.0 Å². The molecule has 0 amide bonds. The largest absolute Gasteiger partial charge is 0.369 e. The third-order valence-electron chi connectivity index (χ3n) is 1.26. The lowest BCUT2D eigenvalue weighted by Gasteiger charge is -2.20. The highest BCUT2D eigenvalue weighted by Gasteiger charge is 2.01. The topological polar surface area (TPSA) is 32.3 Å². The number of carbonyl (C=O) groups is 1. The molecule has 0 aliphatic heterocycles. The number of hydrogen-bond acceptors (Lipinski definition) is 3. The van der Waals surface area contributed by atoms with E-state index in [1.807, 2.05) is 32.8 Å². The maximum Gasteiger partial charge on any atom is 0.156 e. The summed E-state index contributed by atoms with van der Waals surface area (Å²) in [5, 5.41) is 3.18. The van der Waals surface area contributed by atoms with Gasteiger partial charge in [-0.1, -0.05) is 0 Å². The van der Waals surface area contributed by atoms with Crippen molar-refractivity contribution in [3.63, 3.8) is 0 Å². The molecule has 0 fully saturated rings. The van der Waals surface area contributed by atoms with E-state index in [0.717, 1.165) is 5.82 Å². The molecule has 0 heterocycles. The molecule has 0 spiro atoms. The molecule has 0 aromatic carbocycles. The second-order valence-electron chi connectivity index (χ2n) is 3.33. The Labute approximate surface area is 74.4 Å². The van der Waals surface area contributed by atoms with Gasteiger partial charge in [0.1, 0.15) is 5.82 Å². The Morgan fingerprint density at radius 2 is 1.92 bits per heavy atom. The van der Waals surface area contributed by atoms with Crippen LogP contribution in [-0.4, -0.2) is 30.8 Å². The summed E-state index contributed by atoms with van der Waals surface area (Å²) in [6.45, 7) is 5.63. The Hall–Kier alpha value is -0.990. The Kier molecular flexibility index (Phi) is 4.40. The van der Waals surface area contributed by atoms with Gasteiger partial charge in [-0.15, -0.1) is 0 Å². The number of carbonyl (C=O) groups excluding carboxylic acids is 1. The van der Waals surface area contributed by atoms with Crippen molar-refractivity contribution >= 4 is 5.78 Å². The van der Waals surface area contributed by atoms with Gasteiger partial charge in [-0.3, -0.25) is 4.79 Å². The highest BCUT2D eigenvalue weighted by atomic mass is 16.1. The predicted octanol–water partition coefficient (Wildman–Crippen LogP) is 0.976.